The Bertz CT molecular complexity index is 391. The summed E-state index contributed by atoms with van der Waals surface area (Å²) in [5.41, 5.74) is 3.23. The van der Waals surface area contributed by atoms with Crippen molar-refractivity contribution >= 4 is 0 Å². The molecule has 0 aliphatic carbocycles. The second-order valence-electron chi connectivity index (χ2n) is 4.48. The number of aliphatic hydroxyl groups is 1. The third-order valence-corrected chi connectivity index (χ3v) is 3.43. The molecule has 1 fully saturated rings. The SMILES string of the molecule is OCc1ccc2c(n1)CCN(C1COC1)C2. The second-order valence-corrected chi connectivity index (χ2v) is 4.48. The monoisotopic (exact) mass is 220 g/mol. The van der Waals surface area contributed by atoms with Crippen molar-refractivity contribution in [3.8, 4) is 0 Å². The van der Waals surface area contributed by atoms with Crippen molar-refractivity contribution in [2.24, 2.45) is 0 Å². The highest BCUT2D eigenvalue weighted by Crippen LogP contribution is 2.22. The topological polar surface area (TPSA) is 45.6 Å². The van der Waals surface area contributed by atoms with E-state index in [1.54, 1.807) is 0 Å². The highest BCUT2D eigenvalue weighted by Gasteiger charge is 2.29. The van der Waals surface area contributed by atoms with Crippen LogP contribution in [0.2, 0.25) is 0 Å². The first kappa shape index (κ1) is 10.2. The molecule has 0 unspecified atom stereocenters. The summed E-state index contributed by atoms with van der Waals surface area (Å²) >= 11 is 0. The third kappa shape index (κ3) is 1.73. The minimum Gasteiger partial charge on any atom is -0.390 e. The number of aliphatic hydroxyl groups excluding tert-OH is 1. The molecular formula is C12H16N2O2. The number of pyridine rings is 1. The fourth-order valence-electron chi connectivity index (χ4n) is 2.32. The van der Waals surface area contributed by atoms with Crippen LogP contribution in [0.25, 0.3) is 0 Å². The van der Waals surface area contributed by atoms with Crippen LogP contribution in [0, 0.1) is 0 Å². The van der Waals surface area contributed by atoms with E-state index in [1.165, 1.54) is 5.56 Å². The zero-order valence-electron chi connectivity index (χ0n) is 9.22. The molecule has 0 bridgehead atoms. The summed E-state index contributed by atoms with van der Waals surface area (Å²) < 4.78 is 5.22. The lowest BCUT2D eigenvalue weighted by Crippen LogP contribution is -2.50. The molecule has 1 N–H and O–H groups in total. The molecular weight excluding hydrogens is 204 g/mol. The van der Waals surface area contributed by atoms with Gasteiger partial charge in [-0.1, -0.05) is 6.07 Å². The normalized spacial score (nSPS) is 21.6. The van der Waals surface area contributed by atoms with Gasteiger partial charge in [-0.2, -0.15) is 0 Å². The number of aromatic nitrogens is 1. The molecule has 0 amide bonds. The molecule has 4 heteroatoms. The molecule has 0 saturated carbocycles. The van der Waals surface area contributed by atoms with E-state index in [4.69, 9.17) is 9.84 Å². The maximum Gasteiger partial charge on any atom is 0.0853 e. The highest BCUT2D eigenvalue weighted by molar-refractivity contribution is 5.25. The van der Waals surface area contributed by atoms with Crippen molar-refractivity contribution in [1.82, 2.24) is 9.88 Å². The summed E-state index contributed by atoms with van der Waals surface area (Å²) in [6, 6.07) is 4.62. The zero-order chi connectivity index (χ0) is 11.0. The minimum atomic E-state index is 0.0352. The Kier molecular flexibility index (Phi) is 2.63. The van der Waals surface area contributed by atoms with E-state index >= 15 is 0 Å². The molecule has 2 aliphatic heterocycles. The van der Waals surface area contributed by atoms with Gasteiger partial charge in [-0.05, 0) is 11.6 Å². The van der Waals surface area contributed by atoms with Crippen LogP contribution in [-0.2, 0) is 24.3 Å². The van der Waals surface area contributed by atoms with Gasteiger partial charge in [0.2, 0.25) is 0 Å². The Balaban J connectivity index is 1.78. The van der Waals surface area contributed by atoms with Gasteiger partial charge >= 0.3 is 0 Å². The van der Waals surface area contributed by atoms with Crippen LogP contribution in [0.1, 0.15) is 17.0 Å². The van der Waals surface area contributed by atoms with Gasteiger partial charge in [0.15, 0.2) is 0 Å². The van der Waals surface area contributed by atoms with Gasteiger partial charge in [0.05, 0.1) is 31.6 Å². The summed E-state index contributed by atoms with van der Waals surface area (Å²) in [5, 5.41) is 9.04. The maximum atomic E-state index is 9.04. The maximum absolute atomic E-state index is 9.04. The van der Waals surface area contributed by atoms with Gasteiger partial charge in [0.25, 0.3) is 0 Å². The van der Waals surface area contributed by atoms with Crippen LogP contribution in [0.15, 0.2) is 12.1 Å². The predicted molar refractivity (Wildman–Crippen MR) is 58.9 cm³/mol. The molecule has 4 nitrogen and oxygen atoms in total. The third-order valence-electron chi connectivity index (χ3n) is 3.43. The molecule has 3 rings (SSSR count). The average molecular weight is 220 g/mol. The summed E-state index contributed by atoms with van der Waals surface area (Å²) in [7, 11) is 0. The van der Waals surface area contributed by atoms with Gasteiger partial charge in [0, 0.05) is 25.2 Å². The Labute approximate surface area is 94.9 Å². The summed E-state index contributed by atoms with van der Waals surface area (Å²) in [5.74, 6) is 0. The predicted octanol–water partition coefficient (Wildman–Crippen LogP) is 0.331. The number of hydrogen-bond acceptors (Lipinski definition) is 4. The van der Waals surface area contributed by atoms with Crippen LogP contribution < -0.4 is 0 Å². The van der Waals surface area contributed by atoms with Crippen LogP contribution in [-0.4, -0.2) is 40.8 Å². The van der Waals surface area contributed by atoms with E-state index in [2.05, 4.69) is 16.0 Å². The first-order valence-electron chi connectivity index (χ1n) is 5.77. The molecule has 0 spiro atoms. The van der Waals surface area contributed by atoms with Gasteiger partial charge in [0.1, 0.15) is 0 Å². The van der Waals surface area contributed by atoms with E-state index in [0.29, 0.717) is 6.04 Å². The first-order chi connectivity index (χ1) is 7.86. The number of ether oxygens (including phenoxy) is 1. The molecule has 86 valence electrons. The second kappa shape index (κ2) is 4.13. The lowest BCUT2D eigenvalue weighted by atomic mass is 10.0. The smallest absolute Gasteiger partial charge is 0.0853 e. The fourth-order valence-corrected chi connectivity index (χ4v) is 2.32. The number of rotatable bonds is 2. The molecule has 3 heterocycles. The summed E-state index contributed by atoms with van der Waals surface area (Å²) in [6.07, 6.45) is 0.986. The van der Waals surface area contributed by atoms with Crippen LogP contribution in [0.4, 0.5) is 0 Å². The van der Waals surface area contributed by atoms with E-state index < -0.39 is 0 Å². The van der Waals surface area contributed by atoms with Crippen molar-refractivity contribution in [2.45, 2.75) is 25.6 Å². The summed E-state index contributed by atoms with van der Waals surface area (Å²) in [4.78, 5) is 6.93. The molecule has 1 aromatic rings. The van der Waals surface area contributed by atoms with Gasteiger partial charge in [-0.25, -0.2) is 0 Å². The lowest BCUT2D eigenvalue weighted by Gasteiger charge is -2.39. The number of nitrogens with zero attached hydrogens (tertiary/aromatic N) is 2. The lowest BCUT2D eigenvalue weighted by molar-refractivity contribution is -0.0696. The molecule has 1 saturated heterocycles. The largest absolute Gasteiger partial charge is 0.390 e. The molecule has 0 atom stereocenters. The van der Waals surface area contributed by atoms with Crippen molar-refractivity contribution in [3.05, 3.63) is 29.1 Å². The van der Waals surface area contributed by atoms with Crippen LogP contribution >= 0.6 is 0 Å². The standard InChI is InChI=1S/C12H16N2O2/c15-6-10-2-1-9-5-14(11-7-16-8-11)4-3-12(9)13-10/h1-2,11,15H,3-8H2. The quantitative estimate of drug-likeness (QED) is 0.780. The highest BCUT2D eigenvalue weighted by atomic mass is 16.5. The van der Waals surface area contributed by atoms with Crippen molar-refractivity contribution in [2.75, 3.05) is 19.8 Å². The van der Waals surface area contributed by atoms with E-state index in [-0.39, 0.29) is 6.61 Å². The van der Waals surface area contributed by atoms with E-state index in [9.17, 15) is 0 Å². The minimum absolute atomic E-state index is 0.0352. The van der Waals surface area contributed by atoms with E-state index in [1.807, 2.05) is 6.07 Å². The Hall–Kier alpha value is -0.970. The Morgan fingerprint density at radius 3 is 3.00 bits per heavy atom. The van der Waals surface area contributed by atoms with Crippen LogP contribution in [0.5, 0.6) is 0 Å². The fraction of sp³-hybridized carbons (Fsp3) is 0.583. The molecule has 1 aromatic heterocycles. The van der Waals surface area contributed by atoms with Crippen molar-refractivity contribution < 1.29 is 9.84 Å². The van der Waals surface area contributed by atoms with Crippen LogP contribution in [0.3, 0.4) is 0 Å². The van der Waals surface area contributed by atoms with Crippen molar-refractivity contribution in [3.63, 3.8) is 0 Å². The first-order valence-corrected chi connectivity index (χ1v) is 5.77. The average Bonchev–Trinajstić information content (AvgIpc) is 2.26. The van der Waals surface area contributed by atoms with E-state index in [0.717, 1.165) is 44.1 Å². The molecule has 0 aromatic carbocycles. The van der Waals surface area contributed by atoms with Crippen molar-refractivity contribution in [1.29, 1.82) is 0 Å². The molecule has 16 heavy (non-hydrogen) atoms. The summed E-state index contributed by atoms with van der Waals surface area (Å²) in [6.45, 7) is 3.81. The van der Waals surface area contributed by atoms with Gasteiger partial charge in [-0.3, -0.25) is 9.88 Å². The molecule has 0 radical (unpaired) electrons. The number of fused-ring (bicyclic) bond motifs is 1. The zero-order valence-corrected chi connectivity index (χ0v) is 9.22. The molecule has 2 aliphatic rings. The Morgan fingerprint density at radius 2 is 2.31 bits per heavy atom. The Morgan fingerprint density at radius 1 is 1.44 bits per heavy atom. The van der Waals surface area contributed by atoms with Gasteiger partial charge < -0.3 is 9.84 Å². The number of hydrogen-bond donors (Lipinski definition) is 1. The van der Waals surface area contributed by atoms with Gasteiger partial charge in [-0.15, -0.1) is 0 Å².